The summed E-state index contributed by atoms with van der Waals surface area (Å²) in [4.78, 5) is 14.3. The molecule has 15 heavy (non-hydrogen) atoms. The van der Waals surface area contributed by atoms with Gasteiger partial charge in [-0.2, -0.15) is 4.99 Å². The number of hydrazine groups is 1. The van der Waals surface area contributed by atoms with Crippen molar-refractivity contribution in [1.29, 1.82) is 0 Å². The molecular weight excluding hydrogens is 202 g/mol. The molecule has 0 saturated heterocycles. The molecule has 0 bridgehead atoms. The number of aliphatic hydroxyl groups excluding tert-OH is 1. The molecule has 0 aromatic carbocycles. The van der Waals surface area contributed by atoms with Gasteiger partial charge in [-0.1, -0.05) is 0 Å². The van der Waals surface area contributed by atoms with Crippen molar-refractivity contribution in [1.82, 2.24) is 5.01 Å². The third-order valence-corrected chi connectivity index (χ3v) is 1.95. The summed E-state index contributed by atoms with van der Waals surface area (Å²) in [6.45, 7) is 0.339. The van der Waals surface area contributed by atoms with Crippen molar-refractivity contribution < 1.29 is 19.7 Å². The zero-order chi connectivity index (χ0) is 11.4. The fraction of sp³-hybridized carbons (Fsp3) is 0.500. The minimum atomic E-state index is -1.22. The number of rotatable bonds is 4. The summed E-state index contributed by atoms with van der Waals surface area (Å²) in [6.07, 6.45) is 0.421. The maximum absolute atomic E-state index is 10.6. The Morgan fingerprint density at radius 2 is 2.40 bits per heavy atom. The lowest BCUT2D eigenvalue weighted by molar-refractivity contribution is -0.133. The molecule has 0 fully saturated rings. The fourth-order valence-electron chi connectivity index (χ4n) is 1.14. The van der Waals surface area contributed by atoms with Crippen LogP contribution >= 0.6 is 0 Å². The summed E-state index contributed by atoms with van der Waals surface area (Å²) in [6, 6.07) is 0. The predicted octanol–water partition coefficient (Wildman–Crippen LogP) is -0.535. The summed E-state index contributed by atoms with van der Waals surface area (Å²) in [5, 5.41) is 19.2. The molecule has 0 amide bonds. The Morgan fingerprint density at radius 3 is 2.93 bits per heavy atom. The van der Waals surface area contributed by atoms with Crippen LogP contribution in [0.4, 0.5) is 0 Å². The van der Waals surface area contributed by atoms with Crippen LogP contribution in [0.5, 0.6) is 0 Å². The van der Waals surface area contributed by atoms with Crippen LogP contribution in [0.15, 0.2) is 16.4 Å². The second-order valence-corrected chi connectivity index (χ2v) is 3.01. The summed E-state index contributed by atoms with van der Waals surface area (Å²) in [5.74, 6) is 4.24. The van der Waals surface area contributed by atoms with Crippen LogP contribution in [0, 0.1) is 0 Å². The van der Waals surface area contributed by atoms with Gasteiger partial charge >= 0.3 is 5.97 Å². The average molecular weight is 215 g/mol. The van der Waals surface area contributed by atoms with Gasteiger partial charge in [-0.05, 0) is 0 Å². The smallest absolute Gasteiger partial charge is 0.338 e. The molecule has 84 valence electrons. The molecule has 0 unspecified atom stereocenters. The molecule has 0 aliphatic carbocycles. The Bertz CT molecular complexity index is 324. The van der Waals surface area contributed by atoms with Crippen molar-refractivity contribution in [2.75, 3.05) is 20.3 Å². The molecule has 7 heteroatoms. The van der Waals surface area contributed by atoms with Crippen LogP contribution in [-0.2, 0) is 9.53 Å². The first-order chi connectivity index (χ1) is 7.06. The average Bonchev–Trinajstić information content (AvgIpc) is 2.18. The van der Waals surface area contributed by atoms with Crippen molar-refractivity contribution in [2.24, 2.45) is 10.8 Å². The van der Waals surface area contributed by atoms with Gasteiger partial charge in [0.15, 0.2) is 0 Å². The van der Waals surface area contributed by atoms with Gasteiger partial charge in [-0.25, -0.2) is 10.6 Å². The van der Waals surface area contributed by atoms with Crippen LogP contribution in [-0.4, -0.2) is 47.3 Å². The van der Waals surface area contributed by atoms with Gasteiger partial charge in [0.1, 0.15) is 11.4 Å². The standard InChI is InChI=1S/C8H13N3O4/c1-15-3-2-6-10-7(12)5(8(13)14)4-11(6)9/h12H,2-4,9H2,1H3,(H,13,14). The van der Waals surface area contributed by atoms with E-state index in [2.05, 4.69) is 4.99 Å². The van der Waals surface area contributed by atoms with E-state index in [0.29, 0.717) is 18.9 Å². The highest BCUT2D eigenvalue weighted by Gasteiger charge is 2.23. The lowest BCUT2D eigenvalue weighted by Gasteiger charge is -2.24. The molecule has 1 rings (SSSR count). The van der Waals surface area contributed by atoms with Gasteiger partial charge in [-0.3, -0.25) is 5.01 Å². The van der Waals surface area contributed by atoms with Crippen LogP contribution in [0.2, 0.25) is 0 Å². The Balaban J connectivity index is 2.83. The molecule has 1 heterocycles. The Morgan fingerprint density at radius 1 is 1.73 bits per heavy atom. The highest BCUT2D eigenvalue weighted by Crippen LogP contribution is 2.13. The molecule has 0 radical (unpaired) electrons. The first-order valence-electron chi connectivity index (χ1n) is 4.30. The van der Waals surface area contributed by atoms with E-state index >= 15 is 0 Å². The number of ether oxygens (including phenoxy) is 1. The zero-order valence-corrected chi connectivity index (χ0v) is 8.30. The maximum Gasteiger partial charge on any atom is 0.338 e. The van der Waals surface area contributed by atoms with Crippen molar-refractivity contribution in [3.05, 3.63) is 11.5 Å². The fourth-order valence-corrected chi connectivity index (χ4v) is 1.14. The number of methoxy groups -OCH3 is 1. The van der Waals surface area contributed by atoms with Crippen molar-refractivity contribution >= 4 is 11.8 Å². The first-order valence-corrected chi connectivity index (χ1v) is 4.30. The predicted molar refractivity (Wildman–Crippen MR) is 52.1 cm³/mol. The third kappa shape index (κ3) is 2.67. The van der Waals surface area contributed by atoms with Crippen molar-refractivity contribution in [3.8, 4) is 0 Å². The Hall–Kier alpha value is -1.60. The van der Waals surface area contributed by atoms with E-state index in [1.54, 1.807) is 0 Å². The topological polar surface area (TPSA) is 108 Å². The highest BCUT2D eigenvalue weighted by molar-refractivity contribution is 5.92. The third-order valence-electron chi connectivity index (χ3n) is 1.95. The van der Waals surface area contributed by atoms with Gasteiger partial charge in [0.25, 0.3) is 0 Å². The van der Waals surface area contributed by atoms with Crippen LogP contribution in [0.3, 0.4) is 0 Å². The largest absolute Gasteiger partial charge is 0.493 e. The molecule has 4 N–H and O–H groups in total. The van der Waals surface area contributed by atoms with Gasteiger partial charge in [0.2, 0.25) is 5.88 Å². The normalized spacial score (nSPS) is 16.7. The molecule has 0 aromatic heterocycles. The minimum absolute atomic E-state index is 0.0658. The van der Waals surface area contributed by atoms with E-state index in [4.69, 9.17) is 15.7 Å². The second-order valence-electron chi connectivity index (χ2n) is 3.01. The second kappa shape index (κ2) is 4.76. The number of carboxylic acid groups (broad SMARTS) is 1. The van der Waals surface area contributed by atoms with Gasteiger partial charge < -0.3 is 14.9 Å². The zero-order valence-electron chi connectivity index (χ0n) is 8.30. The number of aliphatic carboxylic acids is 1. The van der Waals surface area contributed by atoms with E-state index in [1.165, 1.54) is 12.1 Å². The number of hydrogen-bond donors (Lipinski definition) is 3. The number of hydrogen-bond acceptors (Lipinski definition) is 6. The van der Waals surface area contributed by atoms with Crippen LogP contribution < -0.4 is 5.84 Å². The molecule has 0 atom stereocenters. The quantitative estimate of drug-likeness (QED) is 0.544. The maximum atomic E-state index is 10.6. The number of carbonyl (C=O) groups is 1. The number of aliphatic hydroxyl groups is 1. The van der Waals surface area contributed by atoms with E-state index in [9.17, 15) is 9.90 Å². The first kappa shape index (κ1) is 11.5. The van der Waals surface area contributed by atoms with Crippen molar-refractivity contribution in [3.63, 3.8) is 0 Å². The number of amidine groups is 1. The number of nitrogens with zero attached hydrogens (tertiary/aromatic N) is 2. The van der Waals surface area contributed by atoms with Crippen LogP contribution in [0.1, 0.15) is 6.42 Å². The molecule has 0 saturated carbocycles. The summed E-state index contributed by atoms with van der Waals surface area (Å²) < 4.78 is 4.83. The number of aliphatic imine (C=N–C) groups is 1. The molecule has 7 nitrogen and oxygen atoms in total. The number of nitrogens with two attached hydrogens (primary N) is 1. The number of carboxylic acids is 1. The summed E-state index contributed by atoms with van der Waals surface area (Å²) in [7, 11) is 1.53. The molecular formula is C8H13N3O4. The van der Waals surface area contributed by atoms with Crippen molar-refractivity contribution in [2.45, 2.75) is 6.42 Å². The lowest BCUT2D eigenvalue weighted by Crippen LogP contribution is -2.43. The minimum Gasteiger partial charge on any atom is -0.493 e. The molecule has 0 aromatic rings. The van der Waals surface area contributed by atoms with Gasteiger partial charge in [0, 0.05) is 13.5 Å². The monoisotopic (exact) mass is 215 g/mol. The summed E-state index contributed by atoms with van der Waals surface area (Å²) >= 11 is 0. The van der Waals surface area contributed by atoms with E-state index in [1.807, 2.05) is 0 Å². The molecule has 0 spiro atoms. The Labute approximate surface area is 86.4 Å². The molecule has 1 aliphatic rings. The van der Waals surface area contributed by atoms with E-state index < -0.39 is 11.9 Å². The van der Waals surface area contributed by atoms with Gasteiger partial charge in [0.05, 0.1) is 13.2 Å². The SMILES string of the molecule is COCCC1=NC(O)=C(C(=O)O)CN1N. The Kier molecular flexibility index (Phi) is 3.64. The van der Waals surface area contributed by atoms with Gasteiger partial charge in [-0.15, -0.1) is 0 Å². The van der Waals surface area contributed by atoms with E-state index in [0.717, 1.165) is 0 Å². The van der Waals surface area contributed by atoms with Crippen LogP contribution in [0.25, 0.3) is 0 Å². The summed E-state index contributed by atoms with van der Waals surface area (Å²) in [5.41, 5.74) is -0.210. The lowest BCUT2D eigenvalue weighted by atomic mass is 10.2. The van der Waals surface area contributed by atoms with E-state index in [-0.39, 0.29) is 12.1 Å². The molecule has 1 aliphatic heterocycles. The highest BCUT2D eigenvalue weighted by atomic mass is 16.5.